The maximum absolute atomic E-state index is 13.1. The minimum absolute atomic E-state index is 0.0202. The van der Waals surface area contributed by atoms with E-state index < -0.39 is 54.3 Å². The van der Waals surface area contributed by atoms with E-state index in [4.69, 9.17) is 16.6 Å². The van der Waals surface area contributed by atoms with Crippen molar-refractivity contribution in [3.8, 4) is 5.75 Å². The highest BCUT2D eigenvalue weighted by molar-refractivity contribution is 7.98. The molecule has 0 heterocycles. The zero-order chi connectivity index (χ0) is 25.7. The van der Waals surface area contributed by atoms with E-state index in [0.29, 0.717) is 17.7 Å². The van der Waals surface area contributed by atoms with Gasteiger partial charge in [-0.2, -0.15) is 11.8 Å². The summed E-state index contributed by atoms with van der Waals surface area (Å²) in [5, 5.41) is 25.4. The average molecular weight is 498 g/mol. The van der Waals surface area contributed by atoms with Crippen molar-refractivity contribution in [3.05, 3.63) is 29.8 Å². The molecule has 0 saturated carbocycles. The quantitative estimate of drug-likeness (QED) is 0.149. The van der Waals surface area contributed by atoms with Crippen LogP contribution in [-0.2, 0) is 30.4 Å². The largest absolute Gasteiger partial charge is 0.508 e. The Labute approximate surface area is 201 Å². The van der Waals surface area contributed by atoms with Crippen LogP contribution in [0.25, 0.3) is 0 Å². The number of nitrogens with one attached hydrogen (secondary N) is 3. The molecule has 3 unspecified atom stereocenters. The summed E-state index contributed by atoms with van der Waals surface area (Å²) < 4.78 is 0. The third-order valence-electron chi connectivity index (χ3n) is 4.71. The van der Waals surface area contributed by atoms with Crippen LogP contribution in [0.3, 0.4) is 0 Å². The van der Waals surface area contributed by atoms with Gasteiger partial charge in [0.25, 0.3) is 0 Å². The van der Waals surface area contributed by atoms with Crippen LogP contribution in [0.1, 0.15) is 24.8 Å². The number of phenols is 1. The van der Waals surface area contributed by atoms with Crippen molar-refractivity contribution in [2.45, 2.75) is 43.8 Å². The Balaban J connectivity index is 3.04. The Morgan fingerprint density at radius 1 is 0.971 bits per heavy atom. The molecule has 1 aromatic rings. The first-order valence-electron chi connectivity index (χ1n) is 10.4. The first-order valence-corrected chi connectivity index (χ1v) is 11.8. The second-order valence-electron chi connectivity index (χ2n) is 7.50. The highest BCUT2D eigenvalue weighted by atomic mass is 32.2. The van der Waals surface area contributed by atoms with Crippen molar-refractivity contribution in [1.29, 1.82) is 0 Å². The van der Waals surface area contributed by atoms with Gasteiger partial charge in [0.2, 0.25) is 23.6 Å². The van der Waals surface area contributed by atoms with E-state index >= 15 is 0 Å². The third-order valence-corrected chi connectivity index (χ3v) is 5.35. The van der Waals surface area contributed by atoms with Crippen LogP contribution in [0, 0.1) is 0 Å². The fourth-order valence-electron chi connectivity index (χ4n) is 2.85. The lowest BCUT2D eigenvalue weighted by Gasteiger charge is -2.24. The molecule has 0 aromatic heterocycles. The van der Waals surface area contributed by atoms with Crippen molar-refractivity contribution >= 4 is 41.4 Å². The molecule has 9 N–H and O–H groups in total. The average Bonchev–Trinajstić information content (AvgIpc) is 2.78. The molecule has 13 heteroatoms. The van der Waals surface area contributed by atoms with Crippen LogP contribution in [0.15, 0.2) is 24.3 Å². The number of hydrogen-bond donors (Lipinski definition) is 7. The molecular weight excluding hydrogens is 466 g/mol. The molecule has 1 rings (SSSR count). The number of thioether (sulfide) groups is 1. The summed E-state index contributed by atoms with van der Waals surface area (Å²) in [5.41, 5.74) is 11.6. The highest BCUT2D eigenvalue weighted by Crippen LogP contribution is 2.12. The highest BCUT2D eigenvalue weighted by Gasteiger charge is 2.28. The Kier molecular flexibility index (Phi) is 12.5. The molecule has 0 saturated heterocycles. The molecular formula is C21H31N5O7S. The number of amides is 4. The summed E-state index contributed by atoms with van der Waals surface area (Å²) in [4.78, 5) is 59.9. The van der Waals surface area contributed by atoms with E-state index in [1.165, 1.54) is 23.9 Å². The van der Waals surface area contributed by atoms with Gasteiger partial charge in [0, 0.05) is 12.8 Å². The standard InChI is InChI=1S/C21H31N5O7S/c1-34-9-8-14(22)19(31)26-16(10-12-2-4-13(27)5-3-12)21(33)25-15(6-7-17(23)28)20(32)24-11-18(29)30/h2-5,14-16,27H,6-11,22H2,1H3,(H2,23,28)(H,24,32)(H,25,33)(H,26,31)(H,29,30). The van der Waals surface area contributed by atoms with Gasteiger partial charge in [0.1, 0.15) is 24.4 Å². The number of hydrogen-bond acceptors (Lipinski definition) is 8. The Morgan fingerprint density at radius 3 is 2.15 bits per heavy atom. The molecule has 0 spiro atoms. The van der Waals surface area contributed by atoms with Gasteiger partial charge >= 0.3 is 5.97 Å². The molecule has 4 amide bonds. The maximum Gasteiger partial charge on any atom is 0.322 e. The fraction of sp³-hybridized carbons (Fsp3) is 0.476. The van der Waals surface area contributed by atoms with Crippen molar-refractivity contribution in [3.63, 3.8) is 0 Å². The van der Waals surface area contributed by atoms with E-state index in [1.54, 1.807) is 12.1 Å². The van der Waals surface area contributed by atoms with E-state index in [1.807, 2.05) is 6.26 Å². The van der Waals surface area contributed by atoms with Gasteiger partial charge in [0.05, 0.1) is 6.04 Å². The number of nitrogens with two attached hydrogens (primary N) is 2. The number of carboxylic acids is 1. The van der Waals surface area contributed by atoms with Crippen LogP contribution in [0.2, 0.25) is 0 Å². The molecule has 188 valence electrons. The predicted octanol–water partition coefficient (Wildman–Crippen LogP) is -1.55. The van der Waals surface area contributed by atoms with Gasteiger partial charge in [-0.25, -0.2) is 0 Å². The van der Waals surface area contributed by atoms with Gasteiger partial charge in [0.15, 0.2) is 0 Å². The van der Waals surface area contributed by atoms with Gasteiger partial charge in [-0.05, 0) is 42.5 Å². The molecule has 0 radical (unpaired) electrons. The predicted molar refractivity (Wildman–Crippen MR) is 126 cm³/mol. The molecule has 0 aliphatic heterocycles. The fourth-order valence-corrected chi connectivity index (χ4v) is 3.33. The van der Waals surface area contributed by atoms with Crippen LogP contribution < -0.4 is 27.4 Å². The molecule has 34 heavy (non-hydrogen) atoms. The second kappa shape index (κ2) is 14.8. The topological polar surface area (TPSA) is 214 Å². The number of aromatic hydroxyl groups is 1. The number of carbonyl (C=O) groups is 5. The van der Waals surface area contributed by atoms with Crippen LogP contribution >= 0.6 is 11.8 Å². The summed E-state index contributed by atoms with van der Waals surface area (Å²) in [7, 11) is 0. The normalized spacial score (nSPS) is 13.2. The number of phenolic OH excluding ortho intramolecular Hbond substituents is 1. The first kappa shape index (κ1) is 28.7. The molecule has 1 aromatic carbocycles. The van der Waals surface area contributed by atoms with E-state index in [9.17, 15) is 29.1 Å². The summed E-state index contributed by atoms with van der Waals surface area (Å²) in [6, 6.07) is 2.73. The molecule has 0 fully saturated rings. The number of carbonyl (C=O) groups excluding carboxylic acids is 4. The molecule has 0 bridgehead atoms. The van der Waals surface area contributed by atoms with Crippen LogP contribution in [0.5, 0.6) is 5.75 Å². The smallest absolute Gasteiger partial charge is 0.322 e. The summed E-state index contributed by atoms with van der Waals surface area (Å²) in [5.74, 6) is -3.44. The van der Waals surface area contributed by atoms with E-state index in [0.717, 1.165) is 0 Å². The zero-order valence-electron chi connectivity index (χ0n) is 18.8. The zero-order valence-corrected chi connectivity index (χ0v) is 19.6. The first-order chi connectivity index (χ1) is 16.0. The lowest BCUT2D eigenvalue weighted by atomic mass is 10.0. The number of carboxylic acid groups (broad SMARTS) is 1. The number of rotatable bonds is 15. The van der Waals surface area contributed by atoms with Crippen LogP contribution in [0.4, 0.5) is 0 Å². The van der Waals surface area contributed by atoms with E-state index in [2.05, 4.69) is 16.0 Å². The van der Waals surface area contributed by atoms with Crippen molar-refractivity contribution < 1.29 is 34.2 Å². The number of primary amides is 1. The van der Waals surface area contributed by atoms with Crippen molar-refractivity contribution in [1.82, 2.24) is 16.0 Å². The Bertz CT molecular complexity index is 866. The maximum atomic E-state index is 13.1. The van der Waals surface area contributed by atoms with Crippen molar-refractivity contribution in [2.24, 2.45) is 11.5 Å². The van der Waals surface area contributed by atoms with Crippen molar-refractivity contribution in [2.75, 3.05) is 18.6 Å². The Morgan fingerprint density at radius 2 is 1.59 bits per heavy atom. The lowest BCUT2D eigenvalue weighted by Crippen LogP contribution is -2.56. The Hall–Kier alpha value is -3.32. The summed E-state index contributed by atoms with van der Waals surface area (Å²) in [6.07, 6.45) is 1.87. The third kappa shape index (κ3) is 11.0. The van der Waals surface area contributed by atoms with Gasteiger partial charge in [-0.3, -0.25) is 24.0 Å². The molecule has 0 aliphatic rings. The van der Waals surface area contributed by atoms with Gasteiger partial charge in [-0.1, -0.05) is 12.1 Å². The number of benzene rings is 1. The SMILES string of the molecule is CSCCC(N)C(=O)NC(Cc1ccc(O)cc1)C(=O)NC(CCC(N)=O)C(=O)NCC(=O)O. The molecule has 12 nitrogen and oxygen atoms in total. The van der Waals surface area contributed by atoms with E-state index in [-0.39, 0.29) is 25.0 Å². The van der Waals surface area contributed by atoms with Gasteiger partial charge in [-0.15, -0.1) is 0 Å². The minimum Gasteiger partial charge on any atom is -0.508 e. The lowest BCUT2D eigenvalue weighted by molar-refractivity contribution is -0.138. The van der Waals surface area contributed by atoms with Gasteiger partial charge < -0.3 is 37.6 Å². The monoisotopic (exact) mass is 497 g/mol. The molecule has 0 aliphatic carbocycles. The van der Waals surface area contributed by atoms with Crippen LogP contribution in [-0.4, -0.2) is 76.5 Å². The molecule has 3 atom stereocenters. The summed E-state index contributed by atoms with van der Waals surface area (Å²) >= 11 is 1.52. The number of aliphatic carboxylic acids is 1. The minimum atomic E-state index is -1.29. The second-order valence-corrected chi connectivity index (χ2v) is 8.48. The summed E-state index contributed by atoms with van der Waals surface area (Å²) in [6.45, 7) is -0.681.